The zero-order valence-electron chi connectivity index (χ0n) is 11.5. The van der Waals surface area contributed by atoms with Crippen molar-refractivity contribution in [3.8, 4) is 11.5 Å². The van der Waals surface area contributed by atoms with E-state index in [9.17, 15) is 14.9 Å². The average Bonchev–Trinajstić information content (AvgIpc) is 2.98. The van der Waals surface area contributed by atoms with Gasteiger partial charge in [0.25, 0.3) is 11.6 Å². The van der Waals surface area contributed by atoms with Gasteiger partial charge in [-0.15, -0.1) is 0 Å². The van der Waals surface area contributed by atoms with Crippen molar-refractivity contribution in [3.05, 3.63) is 27.8 Å². The quantitative estimate of drug-likeness (QED) is 0.680. The van der Waals surface area contributed by atoms with Crippen molar-refractivity contribution in [2.24, 2.45) is 0 Å². The topological polar surface area (TPSA) is 90.7 Å². The average molecular weight is 292 g/mol. The lowest BCUT2D eigenvalue weighted by molar-refractivity contribution is -0.385. The van der Waals surface area contributed by atoms with Gasteiger partial charge in [0, 0.05) is 12.1 Å². The van der Waals surface area contributed by atoms with Crippen LogP contribution in [0.25, 0.3) is 0 Å². The van der Waals surface area contributed by atoms with E-state index in [1.807, 2.05) is 0 Å². The molecule has 0 bridgehead atoms. The summed E-state index contributed by atoms with van der Waals surface area (Å²) in [5.41, 5.74) is -0.231. The Balaban J connectivity index is 1.91. The fraction of sp³-hybridized carbons (Fsp3) is 0.500. The molecule has 0 spiro atoms. The van der Waals surface area contributed by atoms with Crippen LogP contribution in [0.15, 0.2) is 12.1 Å². The minimum Gasteiger partial charge on any atom is -0.486 e. The third kappa shape index (κ3) is 2.76. The zero-order valence-corrected chi connectivity index (χ0v) is 11.5. The molecule has 1 heterocycles. The summed E-state index contributed by atoms with van der Waals surface area (Å²) in [6.45, 7) is 0.715. The lowest BCUT2D eigenvalue weighted by Crippen LogP contribution is -2.33. The first-order chi connectivity index (χ1) is 10.1. The largest absolute Gasteiger partial charge is 0.486 e. The number of hydrogen-bond acceptors (Lipinski definition) is 5. The van der Waals surface area contributed by atoms with Crippen molar-refractivity contribution >= 4 is 11.6 Å². The van der Waals surface area contributed by atoms with E-state index in [-0.39, 0.29) is 17.3 Å². The fourth-order valence-corrected chi connectivity index (χ4v) is 2.74. The van der Waals surface area contributed by atoms with Crippen LogP contribution < -0.4 is 14.8 Å². The number of nitrogens with one attached hydrogen (secondary N) is 1. The van der Waals surface area contributed by atoms with Crippen molar-refractivity contribution < 1.29 is 19.2 Å². The van der Waals surface area contributed by atoms with Crippen LogP contribution in [0.2, 0.25) is 0 Å². The van der Waals surface area contributed by atoms with Crippen LogP contribution >= 0.6 is 0 Å². The molecule has 0 unspecified atom stereocenters. The number of benzene rings is 1. The summed E-state index contributed by atoms with van der Waals surface area (Å²) < 4.78 is 10.7. The Morgan fingerprint density at radius 3 is 2.43 bits per heavy atom. The maximum Gasteiger partial charge on any atom is 0.286 e. The van der Waals surface area contributed by atoms with Gasteiger partial charge in [-0.2, -0.15) is 0 Å². The van der Waals surface area contributed by atoms with E-state index in [4.69, 9.17) is 9.47 Å². The molecule has 1 aliphatic carbocycles. The summed E-state index contributed by atoms with van der Waals surface area (Å²) in [6, 6.07) is 2.76. The minimum atomic E-state index is -0.568. The smallest absolute Gasteiger partial charge is 0.286 e. The number of hydrogen-bond donors (Lipinski definition) is 1. The van der Waals surface area contributed by atoms with Crippen LogP contribution in [0.4, 0.5) is 5.69 Å². The molecule has 0 atom stereocenters. The predicted octanol–water partition coefficient (Wildman–Crippen LogP) is 2.04. The van der Waals surface area contributed by atoms with Gasteiger partial charge in [0.2, 0.25) is 0 Å². The van der Waals surface area contributed by atoms with Crippen molar-refractivity contribution in [2.45, 2.75) is 31.7 Å². The first-order valence-corrected chi connectivity index (χ1v) is 7.04. The maximum atomic E-state index is 12.3. The van der Waals surface area contributed by atoms with Gasteiger partial charge in [-0.25, -0.2) is 0 Å². The van der Waals surface area contributed by atoms with Crippen molar-refractivity contribution in [3.63, 3.8) is 0 Å². The van der Waals surface area contributed by atoms with Crippen LogP contribution in [0, 0.1) is 10.1 Å². The second kappa shape index (κ2) is 5.59. The molecule has 0 aromatic heterocycles. The van der Waals surface area contributed by atoms with Crippen LogP contribution in [0.3, 0.4) is 0 Å². The second-order valence-electron chi connectivity index (χ2n) is 5.22. The third-order valence-electron chi connectivity index (χ3n) is 3.79. The van der Waals surface area contributed by atoms with Crippen LogP contribution in [0.1, 0.15) is 36.0 Å². The Kier molecular flexibility index (Phi) is 3.64. The van der Waals surface area contributed by atoms with E-state index in [1.54, 1.807) is 0 Å². The van der Waals surface area contributed by atoms with Gasteiger partial charge >= 0.3 is 0 Å². The van der Waals surface area contributed by atoms with E-state index in [1.165, 1.54) is 12.1 Å². The van der Waals surface area contributed by atoms with Gasteiger partial charge in [-0.1, -0.05) is 12.8 Å². The molecule has 1 aromatic rings. The molecular formula is C14H16N2O5. The Morgan fingerprint density at radius 1 is 1.19 bits per heavy atom. The highest BCUT2D eigenvalue weighted by Crippen LogP contribution is 2.36. The molecule has 3 rings (SSSR count). The van der Waals surface area contributed by atoms with Crippen molar-refractivity contribution in [1.29, 1.82) is 0 Å². The van der Waals surface area contributed by atoms with Crippen molar-refractivity contribution in [2.75, 3.05) is 13.2 Å². The van der Waals surface area contributed by atoms with Gasteiger partial charge in [0.15, 0.2) is 11.5 Å². The standard InChI is InChI=1S/C14H16N2O5/c17-14(15-9-3-1-2-4-9)10-7-12-13(21-6-5-20-12)8-11(10)16(18)19/h7-9H,1-6H2,(H,15,17). The molecule has 0 radical (unpaired) electrons. The maximum absolute atomic E-state index is 12.3. The number of fused-ring (bicyclic) bond motifs is 1. The lowest BCUT2D eigenvalue weighted by atomic mass is 10.1. The summed E-state index contributed by atoms with van der Waals surface area (Å²) in [6.07, 6.45) is 4.00. The predicted molar refractivity (Wildman–Crippen MR) is 73.8 cm³/mol. The molecule has 7 heteroatoms. The number of nitrogens with zero attached hydrogens (tertiary/aromatic N) is 1. The number of nitro benzene ring substituents is 1. The molecule has 7 nitrogen and oxygen atoms in total. The number of carbonyl (C=O) groups is 1. The minimum absolute atomic E-state index is 0.0242. The van der Waals surface area contributed by atoms with E-state index in [0.29, 0.717) is 24.7 Å². The van der Waals surface area contributed by atoms with E-state index < -0.39 is 10.8 Å². The molecule has 2 aliphatic rings. The second-order valence-corrected chi connectivity index (χ2v) is 5.22. The van der Waals surface area contributed by atoms with Gasteiger partial charge in [-0.3, -0.25) is 14.9 Å². The molecule has 112 valence electrons. The van der Waals surface area contributed by atoms with E-state index in [2.05, 4.69) is 5.32 Å². The number of amides is 1. The lowest BCUT2D eigenvalue weighted by Gasteiger charge is -2.19. The Bertz CT molecular complexity index is 581. The third-order valence-corrected chi connectivity index (χ3v) is 3.79. The van der Waals surface area contributed by atoms with Gasteiger partial charge in [0.1, 0.15) is 18.8 Å². The van der Waals surface area contributed by atoms with E-state index in [0.717, 1.165) is 25.7 Å². The number of rotatable bonds is 3. The SMILES string of the molecule is O=C(NC1CCCC1)c1cc2c(cc1[N+](=O)[O-])OCCO2. The summed E-state index contributed by atoms with van der Waals surface area (Å²) in [5.74, 6) is 0.263. The number of ether oxygens (including phenoxy) is 2. The molecule has 1 N–H and O–H groups in total. The Morgan fingerprint density at radius 2 is 1.81 bits per heavy atom. The number of carbonyl (C=O) groups excluding carboxylic acids is 1. The molecule has 1 amide bonds. The van der Waals surface area contributed by atoms with Crippen LogP contribution in [-0.4, -0.2) is 30.1 Å². The highest BCUT2D eigenvalue weighted by atomic mass is 16.6. The number of nitro groups is 1. The fourth-order valence-electron chi connectivity index (χ4n) is 2.74. The van der Waals surface area contributed by atoms with Crippen LogP contribution in [-0.2, 0) is 0 Å². The molecule has 1 saturated carbocycles. The van der Waals surface area contributed by atoms with E-state index >= 15 is 0 Å². The molecule has 1 aromatic carbocycles. The Hall–Kier alpha value is -2.31. The summed E-state index contributed by atoms with van der Waals surface area (Å²) >= 11 is 0. The first kappa shape index (κ1) is 13.7. The molecular weight excluding hydrogens is 276 g/mol. The summed E-state index contributed by atoms with van der Waals surface area (Å²) in [4.78, 5) is 22.9. The normalized spacial score (nSPS) is 17.5. The highest BCUT2D eigenvalue weighted by molar-refractivity contribution is 5.99. The highest BCUT2D eigenvalue weighted by Gasteiger charge is 2.28. The van der Waals surface area contributed by atoms with Gasteiger partial charge in [0.05, 0.1) is 11.0 Å². The Labute approximate surface area is 121 Å². The zero-order chi connectivity index (χ0) is 14.8. The first-order valence-electron chi connectivity index (χ1n) is 7.04. The molecule has 21 heavy (non-hydrogen) atoms. The van der Waals surface area contributed by atoms with Gasteiger partial charge in [-0.05, 0) is 12.8 Å². The molecule has 0 saturated heterocycles. The summed E-state index contributed by atoms with van der Waals surface area (Å²) in [7, 11) is 0. The van der Waals surface area contributed by atoms with Crippen molar-refractivity contribution in [1.82, 2.24) is 5.32 Å². The molecule has 1 fully saturated rings. The molecule has 1 aliphatic heterocycles. The summed E-state index contributed by atoms with van der Waals surface area (Å²) in [5, 5.41) is 14.0. The monoisotopic (exact) mass is 292 g/mol. The van der Waals surface area contributed by atoms with Gasteiger partial charge < -0.3 is 14.8 Å². The van der Waals surface area contributed by atoms with Crippen LogP contribution in [0.5, 0.6) is 11.5 Å².